The highest BCUT2D eigenvalue weighted by atomic mass is 32.2. The first kappa shape index (κ1) is 11.1. The van der Waals surface area contributed by atoms with Crippen LogP contribution in [-0.4, -0.2) is 17.3 Å². The molecule has 0 aliphatic carbocycles. The fourth-order valence-electron chi connectivity index (χ4n) is 1.15. The van der Waals surface area contributed by atoms with Crippen molar-refractivity contribution in [1.29, 1.82) is 0 Å². The Morgan fingerprint density at radius 3 is 3.07 bits per heavy atom. The molecule has 0 bridgehead atoms. The van der Waals surface area contributed by atoms with E-state index in [-0.39, 0.29) is 0 Å². The number of thioether (sulfide) groups is 1. The molecule has 0 amide bonds. The number of nitrogens with zero attached hydrogens (tertiary/aromatic N) is 1. The Morgan fingerprint density at radius 2 is 2.33 bits per heavy atom. The summed E-state index contributed by atoms with van der Waals surface area (Å²) < 4.78 is 0. The molecule has 0 spiro atoms. The fraction of sp³-hybridized carbons (Fsp3) is 0.300. The van der Waals surface area contributed by atoms with Crippen LogP contribution >= 0.6 is 34.4 Å². The zero-order valence-corrected chi connectivity index (χ0v) is 10.6. The molecule has 2 rings (SSSR count). The van der Waals surface area contributed by atoms with Gasteiger partial charge in [-0.15, -0.1) is 11.3 Å². The Morgan fingerprint density at radius 1 is 1.40 bits per heavy atom. The third-order valence-corrected chi connectivity index (χ3v) is 4.48. The topological polar surface area (TPSA) is 38.9 Å². The summed E-state index contributed by atoms with van der Waals surface area (Å²) in [5.41, 5.74) is 7.84. The second-order valence-electron chi connectivity index (χ2n) is 3.00. The van der Waals surface area contributed by atoms with E-state index < -0.39 is 0 Å². The molecule has 2 aromatic heterocycles. The smallest absolute Gasteiger partial charge is 0.124 e. The molecule has 2 N–H and O–H groups in total. The van der Waals surface area contributed by atoms with Crippen molar-refractivity contribution >= 4 is 34.4 Å². The lowest BCUT2D eigenvalue weighted by Crippen LogP contribution is -2.01. The van der Waals surface area contributed by atoms with Crippen LogP contribution in [-0.2, 0) is 5.75 Å². The summed E-state index contributed by atoms with van der Waals surface area (Å²) in [5.74, 6) is 1.98. The molecule has 0 radical (unpaired) electrons. The molecular weight excluding hydrogens is 244 g/mol. The van der Waals surface area contributed by atoms with E-state index in [9.17, 15) is 0 Å². The van der Waals surface area contributed by atoms with Crippen LogP contribution in [0.2, 0.25) is 0 Å². The third-order valence-electron chi connectivity index (χ3n) is 1.83. The molecule has 0 fully saturated rings. The fourth-order valence-corrected chi connectivity index (χ4v) is 3.46. The summed E-state index contributed by atoms with van der Waals surface area (Å²) in [5, 5.41) is 7.48. The van der Waals surface area contributed by atoms with Crippen molar-refractivity contribution < 1.29 is 0 Å². The van der Waals surface area contributed by atoms with E-state index in [0.29, 0.717) is 0 Å². The maximum absolute atomic E-state index is 5.44. The molecule has 0 aliphatic rings. The SMILES string of the molecule is NCCSCc1csc(-c2ccsc2)n1. The molecule has 0 aliphatic heterocycles. The van der Waals surface area contributed by atoms with E-state index in [1.165, 1.54) is 11.3 Å². The number of hydrogen-bond acceptors (Lipinski definition) is 5. The van der Waals surface area contributed by atoms with Gasteiger partial charge in [-0.1, -0.05) is 0 Å². The molecule has 5 heteroatoms. The van der Waals surface area contributed by atoms with Crippen LogP contribution in [0, 0.1) is 0 Å². The summed E-state index contributed by atoms with van der Waals surface area (Å²) >= 11 is 5.27. The van der Waals surface area contributed by atoms with Gasteiger partial charge in [0.1, 0.15) is 5.01 Å². The number of rotatable bonds is 5. The second-order valence-corrected chi connectivity index (χ2v) is 5.74. The van der Waals surface area contributed by atoms with Gasteiger partial charge in [0, 0.05) is 34.4 Å². The predicted octanol–water partition coefficient (Wildman–Crippen LogP) is 3.06. The number of thiazole rings is 1. The molecule has 15 heavy (non-hydrogen) atoms. The average Bonchev–Trinajstić information content (AvgIpc) is 2.87. The Bertz CT molecular complexity index is 394. The van der Waals surface area contributed by atoms with Gasteiger partial charge in [0.05, 0.1) is 5.69 Å². The molecular formula is C10H12N2S3. The first-order valence-electron chi connectivity index (χ1n) is 4.65. The molecule has 0 saturated carbocycles. The van der Waals surface area contributed by atoms with Gasteiger partial charge in [-0.05, 0) is 11.4 Å². The lowest BCUT2D eigenvalue weighted by Gasteiger charge is -1.94. The normalized spacial score (nSPS) is 10.7. The molecule has 2 nitrogen and oxygen atoms in total. The lowest BCUT2D eigenvalue weighted by atomic mass is 10.4. The standard InChI is InChI=1S/C10H12N2S3/c11-2-4-14-6-9-7-15-10(12-9)8-1-3-13-5-8/h1,3,5,7H,2,4,6,11H2. The molecule has 2 heterocycles. The maximum atomic E-state index is 5.44. The van der Waals surface area contributed by atoms with Crippen LogP contribution in [0.15, 0.2) is 22.2 Å². The van der Waals surface area contributed by atoms with Crippen molar-refractivity contribution in [2.24, 2.45) is 5.73 Å². The first-order valence-corrected chi connectivity index (χ1v) is 7.62. The van der Waals surface area contributed by atoms with Gasteiger partial charge < -0.3 is 5.73 Å². The zero-order chi connectivity index (χ0) is 10.5. The van der Waals surface area contributed by atoms with Crippen molar-refractivity contribution in [3.63, 3.8) is 0 Å². The van der Waals surface area contributed by atoms with Crippen molar-refractivity contribution in [2.75, 3.05) is 12.3 Å². The molecule has 0 saturated heterocycles. The van der Waals surface area contributed by atoms with Gasteiger partial charge >= 0.3 is 0 Å². The molecule has 0 unspecified atom stereocenters. The van der Waals surface area contributed by atoms with Gasteiger partial charge in [-0.2, -0.15) is 23.1 Å². The molecule has 0 atom stereocenters. The van der Waals surface area contributed by atoms with E-state index in [1.807, 2.05) is 11.8 Å². The number of aromatic nitrogens is 1. The van der Waals surface area contributed by atoms with E-state index in [1.54, 1.807) is 22.7 Å². The summed E-state index contributed by atoms with van der Waals surface area (Å²) in [7, 11) is 0. The highest BCUT2D eigenvalue weighted by molar-refractivity contribution is 7.98. The van der Waals surface area contributed by atoms with Gasteiger partial charge in [0.15, 0.2) is 0 Å². The quantitative estimate of drug-likeness (QED) is 0.836. The van der Waals surface area contributed by atoms with E-state index in [2.05, 4.69) is 27.2 Å². The van der Waals surface area contributed by atoms with Gasteiger partial charge in [0.2, 0.25) is 0 Å². The van der Waals surface area contributed by atoms with Crippen LogP contribution < -0.4 is 5.73 Å². The van der Waals surface area contributed by atoms with Crippen molar-refractivity contribution in [1.82, 2.24) is 4.98 Å². The Kier molecular flexibility index (Phi) is 4.19. The minimum atomic E-state index is 0.742. The van der Waals surface area contributed by atoms with Crippen LogP contribution in [0.3, 0.4) is 0 Å². The highest BCUT2D eigenvalue weighted by Gasteiger charge is 2.04. The molecule has 80 valence electrons. The average molecular weight is 256 g/mol. The molecule has 2 aromatic rings. The predicted molar refractivity (Wildman–Crippen MR) is 70.6 cm³/mol. The summed E-state index contributed by atoms with van der Waals surface area (Å²) in [6.07, 6.45) is 0. The van der Waals surface area contributed by atoms with Gasteiger partial charge in [-0.3, -0.25) is 0 Å². The van der Waals surface area contributed by atoms with Gasteiger partial charge in [0.25, 0.3) is 0 Å². The Labute approximate surface area is 102 Å². The van der Waals surface area contributed by atoms with Gasteiger partial charge in [-0.25, -0.2) is 4.98 Å². The minimum Gasteiger partial charge on any atom is -0.330 e. The minimum absolute atomic E-state index is 0.742. The van der Waals surface area contributed by atoms with Crippen LogP contribution in [0.5, 0.6) is 0 Å². The third kappa shape index (κ3) is 3.04. The van der Waals surface area contributed by atoms with E-state index in [0.717, 1.165) is 23.1 Å². The number of thiophene rings is 1. The number of nitrogens with two attached hydrogens (primary N) is 1. The maximum Gasteiger partial charge on any atom is 0.124 e. The summed E-state index contributed by atoms with van der Waals surface area (Å²) in [4.78, 5) is 4.59. The lowest BCUT2D eigenvalue weighted by molar-refractivity contribution is 1.14. The Balaban J connectivity index is 1.98. The number of hydrogen-bond donors (Lipinski definition) is 1. The monoisotopic (exact) mass is 256 g/mol. The highest BCUT2D eigenvalue weighted by Crippen LogP contribution is 2.26. The second kappa shape index (κ2) is 5.65. The van der Waals surface area contributed by atoms with E-state index >= 15 is 0 Å². The van der Waals surface area contributed by atoms with Crippen molar-refractivity contribution in [3.8, 4) is 10.6 Å². The molecule has 0 aromatic carbocycles. The summed E-state index contributed by atoms with van der Waals surface area (Å²) in [6, 6.07) is 2.11. The van der Waals surface area contributed by atoms with Crippen molar-refractivity contribution in [3.05, 3.63) is 27.9 Å². The van der Waals surface area contributed by atoms with Crippen molar-refractivity contribution in [2.45, 2.75) is 5.75 Å². The van der Waals surface area contributed by atoms with E-state index in [4.69, 9.17) is 5.73 Å². The first-order chi connectivity index (χ1) is 7.40. The van der Waals surface area contributed by atoms with Crippen LogP contribution in [0.1, 0.15) is 5.69 Å². The van der Waals surface area contributed by atoms with Crippen LogP contribution in [0.4, 0.5) is 0 Å². The van der Waals surface area contributed by atoms with Crippen LogP contribution in [0.25, 0.3) is 10.6 Å². The largest absolute Gasteiger partial charge is 0.330 e. The zero-order valence-electron chi connectivity index (χ0n) is 8.18. The summed E-state index contributed by atoms with van der Waals surface area (Å²) in [6.45, 7) is 0.742. The Hall–Kier alpha value is -0.360.